The number of rotatable bonds is 5. The summed E-state index contributed by atoms with van der Waals surface area (Å²) in [5, 5.41) is 9.42. The SMILES string of the molecule is CC(CO)(CCCN)c1ccccc1. The first-order chi connectivity index (χ1) is 6.73. The van der Waals surface area contributed by atoms with Crippen molar-refractivity contribution in [3.05, 3.63) is 35.9 Å². The van der Waals surface area contributed by atoms with Gasteiger partial charge < -0.3 is 10.8 Å². The molecule has 14 heavy (non-hydrogen) atoms. The van der Waals surface area contributed by atoms with Gasteiger partial charge in [0.25, 0.3) is 0 Å². The Labute approximate surface area is 85.8 Å². The van der Waals surface area contributed by atoms with Gasteiger partial charge in [0, 0.05) is 5.41 Å². The van der Waals surface area contributed by atoms with Crippen LogP contribution in [0.3, 0.4) is 0 Å². The summed E-state index contributed by atoms with van der Waals surface area (Å²) in [6.07, 6.45) is 1.88. The summed E-state index contributed by atoms with van der Waals surface area (Å²) in [5.41, 5.74) is 6.54. The van der Waals surface area contributed by atoms with E-state index in [4.69, 9.17) is 5.73 Å². The zero-order valence-corrected chi connectivity index (χ0v) is 8.74. The van der Waals surface area contributed by atoms with Gasteiger partial charge in [-0.2, -0.15) is 0 Å². The lowest BCUT2D eigenvalue weighted by atomic mass is 9.79. The fraction of sp³-hybridized carbons (Fsp3) is 0.500. The van der Waals surface area contributed by atoms with Gasteiger partial charge in [0.1, 0.15) is 0 Å². The number of aliphatic hydroxyl groups excluding tert-OH is 1. The van der Waals surface area contributed by atoms with E-state index in [-0.39, 0.29) is 12.0 Å². The van der Waals surface area contributed by atoms with Crippen LogP contribution < -0.4 is 5.73 Å². The van der Waals surface area contributed by atoms with Crippen LogP contribution in [-0.4, -0.2) is 18.3 Å². The Morgan fingerprint density at radius 1 is 1.29 bits per heavy atom. The maximum Gasteiger partial charge on any atom is 0.0525 e. The van der Waals surface area contributed by atoms with Crippen molar-refractivity contribution in [1.82, 2.24) is 0 Å². The maximum atomic E-state index is 9.42. The minimum atomic E-state index is -0.138. The minimum Gasteiger partial charge on any atom is -0.395 e. The Balaban J connectivity index is 2.79. The Morgan fingerprint density at radius 3 is 2.43 bits per heavy atom. The smallest absolute Gasteiger partial charge is 0.0525 e. The maximum absolute atomic E-state index is 9.42. The summed E-state index contributed by atoms with van der Waals surface area (Å²) < 4.78 is 0. The highest BCUT2D eigenvalue weighted by Gasteiger charge is 2.24. The van der Waals surface area contributed by atoms with Crippen molar-refractivity contribution in [3.63, 3.8) is 0 Å². The standard InChI is InChI=1S/C12H19NO/c1-12(10-14,8-5-9-13)11-6-3-2-4-7-11/h2-4,6-7,14H,5,8-10,13H2,1H3. The molecule has 1 atom stereocenters. The van der Waals surface area contributed by atoms with Crippen LogP contribution in [0.4, 0.5) is 0 Å². The zero-order chi connectivity index (χ0) is 10.4. The van der Waals surface area contributed by atoms with Gasteiger partial charge in [-0.15, -0.1) is 0 Å². The van der Waals surface area contributed by atoms with Gasteiger partial charge in [0.05, 0.1) is 6.61 Å². The second-order valence-electron chi connectivity index (χ2n) is 3.98. The normalized spacial score (nSPS) is 15.1. The average molecular weight is 193 g/mol. The number of benzene rings is 1. The van der Waals surface area contributed by atoms with E-state index in [1.807, 2.05) is 18.2 Å². The lowest BCUT2D eigenvalue weighted by molar-refractivity contribution is 0.195. The summed E-state index contributed by atoms with van der Waals surface area (Å²) in [7, 11) is 0. The van der Waals surface area contributed by atoms with Crippen molar-refractivity contribution in [1.29, 1.82) is 0 Å². The lowest BCUT2D eigenvalue weighted by Gasteiger charge is -2.27. The summed E-state index contributed by atoms with van der Waals surface area (Å²) >= 11 is 0. The largest absolute Gasteiger partial charge is 0.395 e. The summed E-state index contributed by atoms with van der Waals surface area (Å²) in [4.78, 5) is 0. The van der Waals surface area contributed by atoms with E-state index in [1.165, 1.54) is 5.56 Å². The first-order valence-electron chi connectivity index (χ1n) is 5.09. The van der Waals surface area contributed by atoms with Crippen molar-refractivity contribution in [2.75, 3.05) is 13.2 Å². The molecule has 0 radical (unpaired) electrons. The first kappa shape index (κ1) is 11.2. The van der Waals surface area contributed by atoms with E-state index < -0.39 is 0 Å². The van der Waals surface area contributed by atoms with E-state index in [1.54, 1.807) is 0 Å². The second-order valence-corrected chi connectivity index (χ2v) is 3.98. The molecule has 0 fully saturated rings. The fourth-order valence-electron chi connectivity index (χ4n) is 1.65. The quantitative estimate of drug-likeness (QED) is 0.747. The highest BCUT2D eigenvalue weighted by atomic mass is 16.3. The van der Waals surface area contributed by atoms with Crippen molar-refractivity contribution < 1.29 is 5.11 Å². The molecule has 1 unspecified atom stereocenters. The van der Waals surface area contributed by atoms with E-state index >= 15 is 0 Å². The van der Waals surface area contributed by atoms with E-state index in [0.29, 0.717) is 6.54 Å². The van der Waals surface area contributed by atoms with Gasteiger partial charge in [-0.1, -0.05) is 37.3 Å². The van der Waals surface area contributed by atoms with E-state index in [2.05, 4.69) is 19.1 Å². The Hall–Kier alpha value is -0.860. The predicted octanol–water partition coefficient (Wildman–Crippen LogP) is 1.68. The molecule has 2 nitrogen and oxygen atoms in total. The molecule has 0 saturated carbocycles. The first-order valence-corrected chi connectivity index (χ1v) is 5.09. The van der Waals surface area contributed by atoms with Crippen LogP contribution >= 0.6 is 0 Å². The van der Waals surface area contributed by atoms with Crippen LogP contribution in [0.5, 0.6) is 0 Å². The number of nitrogens with two attached hydrogens (primary N) is 1. The van der Waals surface area contributed by atoms with E-state index in [9.17, 15) is 5.11 Å². The van der Waals surface area contributed by atoms with Crippen molar-refractivity contribution in [3.8, 4) is 0 Å². The van der Waals surface area contributed by atoms with Gasteiger partial charge in [0.15, 0.2) is 0 Å². The van der Waals surface area contributed by atoms with Crippen molar-refractivity contribution in [2.24, 2.45) is 5.73 Å². The number of aliphatic hydroxyl groups is 1. The van der Waals surface area contributed by atoms with Crippen LogP contribution in [0.25, 0.3) is 0 Å². The molecule has 0 saturated heterocycles. The van der Waals surface area contributed by atoms with Crippen LogP contribution in [0.15, 0.2) is 30.3 Å². The Kier molecular flexibility index (Phi) is 4.11. The van der Waals surface area contributed by atoms with E-state index in [0.717, 1.165) is 12.8 Å². The zero-order valence-electron chi connectivity index (χ0n) is 8.74. The van der Waals surface area contributed by atoms with Gasteiger partial charge in [-0.3, -0.25) is 0 Å². The van der Waals surface area contributed by atoms with Gasteiger partial charge in [-0.25, -0.2) is 0 Å². The van der Waals surface area contributed by atoms with Crippen molar-refractivity contribution >= 4 is 0 Å². The monoisotopic (exact) mass is 193 g/mol. The minimum absolute atomic E-state index is 0.138. The molecular formula is C12H19NO. The third kappa shape index (κ3) is 2.56. The average Bonchev–Trinajstić information content (AvgIpc) is 2.27. The third-order valence-corrected chi connectivity index (χ3v) is 2.75. The van der Waals surface area contributed by atoms with Crippen molar-refractivity contribution in [2.45, 2.75) is 25.2 Å². The summed E-state index contributed by atoms with van der Waals surface area (Å²) in [6, 6.07) is 10.1. The molecule has 1 aromatic rings. The molecule has 78 valence electrons. The molecule has 0 bridgehead atoms. The van der Waals surface area contributed by atoms with Gasteiger partial charge >= 0.3 is 0 Å². The van der Waals surface area contributed by atoms with Crippen LogP contribution in [0.1, 0.15) is 25.3 Å². The summed E-state index contributed by atoms with van der Waals surface area (Å²) in [6.45, 7) is 2.94. The molecule has 0 spiro atoms. The molecule has 0 amide bonds. The third-order valence-electron chi connectivity index (χ3n) is 2.75. The van der Waals surface area contributed by atoms with Gasteiger partial charge in [-0.05, 0) is 24.9 Å². The molecule has 1 rings (SSSR count). The Bertz CT molecular complexity index is 260. The lowest BCUT2D eigenvalue weighted by Crippen LogP contribution is -2.27. The molecule has 3 N–H and O–H groups in total. The predicted molar refractivity (Wildman–Crippen MR) is 59.2 cm³/mol. The summed E-state index contributed by atoms with van der Waals surface area (Å²) in [5.74, 6) is 0. The highest BCUT2D eigenvalue weighted by molar-refractivity contribution is 5.24. The number of hydrogen-bond donors (Lipinski definition) is 2. The van der Waals surface area contributed by atoms with Gasteiger partial charge in [0.2, 0.25) is 0 Å². The molecular weight excluding hydrogens is 174 g/mol. The molecule has 1 aromatic carbocycles. The number of hydrogen-bond acceptors (Lipinski definition) is 2. The topological polar surface area (TPSA) is 46.2 Å². The molecule has 0 aromatic heterocycles. The van der Waals surface area contributed by atoms with Crippen LogP contribution in [0.2, 0.25) is 0 Å². The fourth-order valence-corrected chi connectivity index (χ4v) is 1.65. The van der Waals surface area contributed by atoms with Crippen LogP contribution in [0, 0.1) is 0 Å². The molecule has 0 aliphatic carbocycles. The highest BCUT2D eigenvalue weighted by Crippen LogP contribution is 2.27. The molecule has 0 aliphatic heterocycles. The second kappa shape index (κ2) is 5.13. The Morgan fingerprint density at radius 2 is 1.93 bits per heavy atom. The van der Waals surface area contributed by atoms with Crippen LogP contribution in [-0.2, 0) is 5.41 Å². The molecule has 0 heterocycles. The molecule has 2 heteroatoms. The molecule has 0 aliphatic rings.